The van der Waals surface area contributed by atoms with Crippen LogP contribution in [-0.2, 0) is 9.53 Å². The molecule has 0 aromatic carbocycles. The molecule has 1 rings (SSSR count). The molecule has 1 aliphatic rings. The van der Waals surface area contributed by atoms with Crippen molar-refractivity contribution < 1.29 is 14.3 Å². The lowest BCUT2D eigenvalue weighted by molar-refractivity contribution is -0.140. The number of carbonyl (C=O) groups is 2. The second-order valence-corrected chi connectivity index (χ2v) is 4.13. The number of ether oxygens (including phenoxy) is 1. The Morgan fingerprint density at radius 1 is 1.35 bits per heavy atom. The quantitative estimate of drug-likeness (QED) is 0.716. The van der Waals surface area contributed by atoms with Gasteiger partial charge in [0.25, 0.3) is 0 Å². The lowest BCUT2D eigenvalue weighted by Gasteiger charge is -2.04. The summed E-state index contributed by atoms with van der Waals surface area (Å²) in [4.78, 5) is 22.0. The number of esters is 1. The highest BCUT2D eigenvalue weighted by Crippen LogP contribution is 2.25. The Labute approximate surface area is 102 Å². The molecule has 0 heterocycles. The van der Waals surface area contributed by atoms with Gasteiger partial charge in [-0.2, -0.15) is 0 Å². The first-order valence-corrected chi connectivity index (χ1v) is 6.00. The summed E-state index contributed by atoms with van der Waals surface area (Å²) in [6.07, 6.45) is 8.89. The first kappa shape index (κ1) is 13.5. The summed E-state index contributed by atoms with van der Waals surface area (Å²) in [6, 6.07) is -0.289. The van der Waals surface area contributed by atoms with Crippen LogP contribution in [0.3, 0.4) is 0 Å². The van der Waals surface area contributed by atoms with Gasteiger partial charge in [-0.15, -0.1) is 0 Å². The Bertz CT molecular complexity index is 283. The minimum absolute atomic E-state index is 0.191. The zero-order chi connectivity index (χ0) is 12.5. The minimum atomic E-state index is -0.327. The van der Waals surface area contributed by atoms with Crippen LogP contribution in [0.2, 0.25) is 0 Å². The van der Waals surface area contributed by atoms with Crippen LogP contribution in [0.1, 0.15) is 32.1 Å². The van der Waals surface area contributed by atoms with E-state index in [0.717, 1.165) is 0 Å². The molecule has 0 aliphatic heterocycles. The Morgan fingerprint density at radius 3 is 2.71 bits per heavy atom. The average molecular weight is 240 g/mol. The minimum Gasteiger partial charge on any atom is -0.469 e. The van der Waals surface area contributed by atoms with E-state index in [9.17, 15) is 9.59 Å². The summed E-state index contributed by atoms with van der Waals surface area (Å²) in [5, 5.41) is 5.19. The molecule has 1 aliphatic carbocycles. The van der Waals surface area contributed by atoms with E-state index < -0.39 is 0 Å². The standard InChI is InChI=1S/C12H20N2O3/c1-17-11(15)7-9-14-12(16)13-8-6-10-4-2-3-5-10/h6,8,10H,2-5,7,9H2,1H3,(H2,13,14,16)/b8-6+. The predicted octanol–water partition coefficient (Wildman–Crippen LogP) is 1.55. The van der Waals surface area contributed by atoms with E-state index in [4.69, 9.17) is 0 Å². The van der Waals surface area contributed by atoms with Gasteiger partial charge in [0.2, 0.25) is 0 Å². The highest BCUT2D eigenvalue weighted by Gasteiger charge is 2.11. The van der Waals surface area contributed by atoms with Crippen LogP contribution in [0.25, 0.3) is 0 Å². The van der Waals surface area contributed by atoms with Crippen molar-refractivity contribution in [2.45, 2.75) is 32.1 Å². The van der Waals surface area contributed by atoms with Gasteiger partial charge in [0.05, 0.1) is 13.5 Å². The molecule has 0 aromatic heterocycles. The molecule has 17 heavy (non-hydrogen) atoms. The molecule has 1 saturated carbocycles. The summed E-state index contributed by atoms with van der Waals surface area (Å²) in [5.41, 5.74) is 0. The monoisotopic (exact) mass is 240 g/mol. The Balaban J connectivity index is 2.06. The van der Waals surface area contributed by atoms with Crippen molar-refractivity contribution in [1.82, 2.24) is 10.6 Å². The highest BCUT2D eigenvalue weighted by atomic mass is 16.5. The van der Waals surface area contributed by atoms with Crippen LogP contribution in [-0.4, -0.2) is 25.7 Å². The maximum Gasteiger partial charge on any atom is 0.318 e. The third-order valence-electron chi connectivity index (χ3n) is 2.83. The molecule has 0 unspecified atom stereocenters. The van der Waals surface area contributed by atoms with Gasteiger partial charge < -0.3 is 15.4 Å². The van der Waals surface area contributed by atoms with Gasteiger partial charge in [0.1, 0.15) is 0 Å². The fourth-order valence-electron chi connectivity index (χ4n) is 1.84. The first-order chi connectivity index (χ1) is 8.22. The average Bonchev–Trinajstić information content (AvgIpc) is 2.82. The summed E-state index contributed by atoms with van der Waals surface area (Å²) in [5.74, 6) is 0.275. The van der Waals surface area contributed by atoms with Crippen LogP contribution in [0, 0.1) is 5.92 Å². The van der Waals surface area contributed by atoms with Crippen LogP contribution in [0.4, 0.5) is 4.79 Å². The summed E-state index contributed by atoms with van der Waals surface area (Å²) < 4.78 is 4.46. The first-order valence-electron chi connectivity index (χ1n) is 6.00. The van der Waals surface area contributed by atoms with Crippen molar-refractivity contribution in [3.63, 3.8) is 0 Å². The molecule has 0 radical (unpaired) electrons. The van der Waals surface area contributed by atoms with Crippen molar-refractivity contribution >= 4 is 12.0 Å². The number of hydrogen-bond acceptors (Lipinski definition) is 3. The number of hydrogen-bond donors (Lipinski definition) is 2. The van der Waals surface area contributed by atoms with Gasteiger partial charge in [0.15, 0.2) is 0 Å². The Hall–Kier alpha value is -1.52. The van der Waals surface area contributed by atoms with E-state index in [2.05, 4.69) is 15.4 Å². The summed E-state index contributed by atoms with van der Waals surface area (Å²) in [7, 11) is 1.33. The van der Waals surface area contributed by atoms with Crippen molar-refractivity contribution in [3.05, 3.63) is 12.3 Å². The number of nitrogens with one attached hydrogen (secondary N) is 2. The number of amides is 2. The molecule has 5 heteroatoms. The summed E-state index contributed by atoms with van der Waals surface area (Å²) >= 11 is 0. The van der Waals surface area contributed by atoms with Gasteiger partial charge in [-0.1, -0.05) is 18.9 Å². The van der Waals surface area contributed by atoms with E-state index in [1.165, 1.54) is 32.8 Å². The van der Waals surface area contributed by atoms with Crippen molar-refractivity contribution in [2.75, 3.05) is 13.7 Å². The molecule has 5 nitrogen and oxygen atoms in total. The van der Waals surface area contributed by atoms with Gasteiger partial charge in [-0.25, -0.2) is 4.79 Å². The smallest absolute Gasteiger partial charge is 0.318 e. The third-order valence-corrected chi connectivity index (χ3v) is 2.83. The SMILES string of the molecule is COC(=O)CCNC(=O)N/C=C/C1CCCC1. The molecule has 1 fully saturated rings. The van der Waals surface area contributed by atoms with E-state index in [-0.39, 0.29) is 25.0 Å². The van der Waals surface area contributed by atoms with Crippen LogP contribution in [0.5, 0.6) is 0 Å². The second-order valence-electron chi connectivity index (χ2n) is 4.13. The van der Waals surface area contributed by atoms with Crippen molar-refractivity contribution in [3.8, 4) is 0 Å². The summed E-state index contributed by atoms with van der Waals surface area (Å²) in [6.45, 7) is 0.287. The fourth-order valence-corrected chi connectivity index (χ4v) is 1.84. The number of allylic oxidation sites excluding steroid dienone is 1. The maximum absolute atomic E-state index is 11.3. The zero-order valence-corrected chi connectivity index (χ0v) is 10.2. The molecule has 0 spiro atoms. The van der Waals surface area contributed by atoms with Crippen LogP contribution < -0.4 is 10.6 Å². The largest absolute Gasteiger partial charge is 0.469 e. The molecule has 0 aromatic rings. The number of methoxy groups -OCH3 is 1. The molecule has 0 saturated heterocycles. The highest BCUT2D eigenvalue weighted by molar-refractivity contribution is 5.76. The molecular formula is C12H20N2O3. The van der Waals surface area contributed by atoms with E-state index in [1.54, 1.807) is 6.20 Å². The van der Waals surface area contributed by atoms with Crippen molar-refractivity contribution in [1.29, 1.82) is 0 Å². The number of urea groups is 1. The lowest BCUT2D eigenvalue weighted by Crippen LogP contribution is -2.33. The predicted molar refractivity (Wildman–Crippen MR) is 64.3 cm³/mol. The normalized spacial score (nSPS) is 16.1. The van der Waals surface area contributed by atoms with Crippen molar-refractivity contribution in [2.24, 2.45) is 5.92 Å². The molecule has 2 amide bonds. The zero-order valence-electron chi connectivity index (χ0n) is 10.2. The van der Waals surface area contributed by atoms with Gasteiger partial charge in [-0.3, -0.25) is 4.79 Å². The van der Waals surface area contributed by atoms with Crippen LogP contribution >= 0.6 is 0 Å². The van der Waals surface area contributed by atoms with E-state index in [0.29, 0.717) is 5.92 Å². The molecule has 0 atom stereocenters. The van der Waals surface area contributed by atoms with Gasteiger partial charge in [-0.05, 0) is 18.8 Å². The molecule has 0 bridgehead atoms. The molecular weight excluding hydrogens is 220 g/mol. The second kappa shape index (κ2) is 7.70. The molecule has 2 N–H and O–H groups in total. The topological polar surface area (TPSA) is 67.4 Å². The maximum atomic E-state index is 11.3. The fraction of sp³-hybridized carbons (Fsp3) is 0.667. The Morgan fingerprint density at radius 2 is 2.06 bits per heavy atom. The Kier molecular flexibility index (Phi) is 6.14. The lowest BCUT2D eigenvalue weighted by atomic mass is 10.1. The molecule has 96 valence electrons. The van der Waals surface area contributed by atoms with Gasteiger partial charge in [0, 0.05) is 12.7 Å². The third kappa shape index (κ3) is 5.94. The van der Waals surface area contributed by atoms with E-state index in [1.807, 2.05) is 6.08 Å². The number of carbonyl (C=O) groups excluding carboxylic acids is 2. The van der Waals surface area contributed by atoms with Gasteiger partial charge >= 0.3 is 12.0 Å². The van der Waals surface area contributed by atoms with E-state index >= 15 is 0 Å². The number of rotatable bonds is 5. The van der Waals surface area contributed by atoms with Crippen LogP contribution in [0.15, 0.2) is 12.3 Å².